The topological polar surface area (TPSA) is 29.1 Å². The van der Waals surface area contributed by atoms with Crippen LogP contribution >= 0.6 is 23.4 Å². The van der Waals surface area contributed by atoms with Gasteiger partial charge in [0.2, 0.25) is 5.91 Å². The molecule has 0 aromatic heterocycles. The van der Waals surface area contributed by atoms with E-state index in [0.717, 1.165) is 4.90 Å². The van der Waals surface area contributed by atoms with E-state index in [1.807, 2.05) is 0 Å². The van der Waals surface area contributed by atoms with E-state index in [9.17, 15) is 9.18 Å². The van der Waals surface area contributed by atoms with Crippen molar-refractivity contribution in [1.29, 1.82) is 0 Å². The molecule has 1 aliphatic heterocycles. The maximum absolute atomic E-state index is 12.9. The molecule has 0 saturated carbocycles. The highest BCUT2D eigenvalue weighted by Crippen LogP contribution is 2.34. The highest BCUT2D eigenvalue weighted by Gasteiger charge is 2.17. The first-order chi connectivity index (χ1) is 6.16. The van der Waals surface area contributed by atoms with Crippen molar-refractivity contribution in [2.75, 3.05) is 11.1 Å². The third kappa shape index (κ3) is 1.64. The summed E-state index contributed by atoms with van der Waals surface area (Å²) in [6.45, 7) is 0. The predicted molar refractivity (Wildman–Crippen MR) is 50.8 cm³/mol. The summed E-state index contributed by atoms with van der Waals surface area (Å²) < 4.78 is 12.9. The van der Waals surface area contributed by atoms with E-state index in [-0.39, 0.29) is 10.9 Å². The van der Waals surface area contributed by atoms with Crippen molar-refractivity contribution in [3.63, 3.8) is 0 Å². The molecule has 13 heavy (non-hydrogen) atoms. The molecule has 5 heteroatoms. The van der Waals surface area contributed by atoms with Crippen LogP contribution in [-0.4, -0.2) is 11.7 Å². The molecule has 0 atom stereocenters. The number of thioether (sulfide) groups is 1. The van der Waals surface area contributed by atoms with Gasteiger partial charge in [0.25, 0.3) is 0 Å². The van der Waals surface area contributed by atoms with Gasteiger partial charge in [-0.2, -0.15) is 0 Å². The quantitative estimate of drug-likeness (QED) is 0.724. The van der Waals surface area contributed by atoms with Crippen LogP contribution in [0.4, 0.5) is 10.1 Å². The Morgan fingerprint density at radius 1 is 1.54 bits per heavy atom. The Morgan fingerprint density at radius 2 is 2.31 bits per heavy atom. The largest absolute Gasteiger partial charge is 0.324 e. The molecule has 0 radical (unpaired) electrons. The van der Waals surface area contributed by atoms with Crippen LogP contribution in [0, 0.1) is 5.82 Å². The second-order valence-electron chi connectivity index (χ2n) is 2.60. The molecular weight excluding hydrogens is 213 g/mol. The van der Waals surface area contributed by atoms with Gasteiger partial charge >= 0.3 is 0 Å². The molecular formula is C8H5ClFNOS. The average Bonchev–Trinajstić information content (AvgIpc) is 2.08. The number of hydrogen-bond donors (Lipinski definition) is 1. The Labute approximate surface area is 83.5 Å². The lowest BCUT2D eigenvalue weighted by molar-refractivity contribution is -0.113. The zero-order valence-electron chi connectivity index (χ0n) is 6.43. The van der Waals surface area contributed by atoms with E-state index in [4.69, 9.17) is 11.6 Å². The minimum absolute atomic E-state index is 0.0292. The summed E-state index contributed by atoms with van der Waals surface area (Å²) in [5.41, 5.74) is 0.590. The Hall–Kier alpha value is -0.740. The summed E-state index contributed by atoms with van der Waals surface area (Å²) in [7, 11) is 0. The minimum atomic E-state index is -0.455. The first-order valence-electron chi connectivity index (χ1n) is 3.58. The van der Waals surface area contributed by atoms with E-state index in [2.05, 4.69) is 5.32 Å². The van der Waals surface area contributed by atoms with Crippen molar-refractivity contribution >= 4 is 35.0 Å². The number of carbonyl (C=O) groups is 1. The van der Waals surface area contributed by atoms with E-state index in [0.29, 0.717) is 11.4 Å². The second-order valence-corrected chi connectivity index (χ2v) is 4.02. The normalized spacial score (nSPS) is 15.1. The number of nitrogens with one attached hydrogen (secondary N) is 1. The van der Waals surface area contributed by atoms with Crippen LogP contribution in [0.15, 0.2) is 17.0 Å². The van der Waals surface area contributed by atoms with E-state index < -0.39 is 5.82 Å². The van der Waals surface area contributed by atoms with Crippen molar-refractivity contribution in [3.8, 4) is 0 Å². The Morgan fingerprint density at radius 3 is 3.08 bits per heavy atom. The van der Waals surface area contributed by atoms with Crippen molar-refractivity contribution in [2.24, 2.45) is 0 Å². The molecule has 0 saturated heterocycles. The van der Waals surface area contributed by atoms with Gasteiger partial charge in [0.15, 0.2) is 0 Å². The minimum Gasteiger partial charge on any atom is -0.324 e. The second kappa shape index (κ2) is 3.20. The number of halogens is 2. The number of amides is 1. The monoisotopic (exact) mass is 217 g/mol. The van der Waals surface area contributed by atoms with Gasteiger partial charge in [0.1, 0.15) is 5.82 Å². The summed E-state index contributed by atoms with van der Waals surface area (Å²) in [5.74, 6) is -0.210. The highest BCUT2D eigenvalue weighted by atomic mass is 35.5. The Balaban J connectivity index is 2.49. The molecule has 1 heterocycles. The molecule has 0 spiro atoms. The molecule has 0 unspecified atom stereocenters. The third-order valence-corrected chi connectivity index (χ3v) is 3.00. The van der Waals surface area contributed by atoms with Crippen molar-refractivity contribution in [2.45, 2.75) is 4.90 Å². The highest BCUT2D eigenvalue weighted by molar-refractivity contribution is 8.00. The number of benzene rings is 1. The van der Waals surface area contributed by atoms with Crippen LogP contribution in [0.3, 0.4) is 0 Å². The van der Waals surface area contributed by atoms with Gasteiger partial charge in [-0.3, -0.25) is 4.79 Å². The van der Waals surface area contributed by atoms with Gasteiger partial charge in [-0.25, -0.2) is 4.39 Å². The molecule has 68 valence electrons. The predicted octanol–water partition coefficient (Wildman–Crippen LogP) is 2.52. The smallest absolute Gasteiger partial charge is 0.234 e. The van der Waals surface area contributed by atoms with Crippen molar-refractivity contribution in [1.82, 2.24) is 0 Å². The van der Waals surface area contributed by atoms with Crippen LogP contribution in [0.1, 0.15) is 0 Å². The molecule has 1 aliphatic rings. The Bertz CT molecular complexity index is 383. The summed E-state index contributed by atoms with van der Waals surface area (Å²) in [6, 6.07) is 2.76. The standard InChI is InChI=1S/C8H5ClFNOS/c9-4-1-6-7(2-5(4)10)13-3-8(12)11-6/h1-2H,3H2,(H,11,12). The van der Waals surface area contributed by atoms with Gasteiger partial charge in [0.05, 0.1) is 16.5 Å². The molecule has 2 rings (SSSR count). The summed E-state index contributed by atoms with van der Waals surface area (Å²) >= 11 is 6.87. The van der Waals surface area contributed by atoms with E-state index >= 15 is 0 Å². The molecule has 1 aromatic carbocycles. The lowest BCUT2D eigenvalue weighted by Gasteiger charge is -2.16. The fourth-order valence-corrected chi connectivity index (χ4v) is 2.05. The van der Waals surface area contributed by atoms with Gasteiger partial charge in [0, 0.05) is 4.90 Å². The van der Waals surface area contributed by atoms with Crippen LogP contribution in [-0.2, 0) is 4.79 Å². The zero-order chi connectivity index (χ0) is 9.42. The maximum atomic E-state index is 12.9. The van der Waals surface area contributed by atoms with Gasteiger partial charge in [-0.1, -0.05) is 11.6 Å². The van der Waals surface area contributed by atoms with Crippen LogP contribution in [0.2, 0.25) is 5.02 Å². The SMILES string of the molecule is O=C1CSc2cc(F)c(Cl)cc2N1. The fourth-order valence-electron chi connectivity index (χ4n) is 1.08. The number of carbonyl (C=O) groups excluding carboxylic acids is 1. The van der Waals surface area contributed by atoms with E-state index in [1.54, 1.807) is 0 Å². The van der Waals surface area contributed by atoms with Gasteiger partial charge in [-0.05, 0) is 12.1 Å². The number of anilines is 1. The van der Waals surface area contributed by atoms with Crippen LogP contribution in [0.25, 0.3) is 0 Å². The van der Waals surface area contributed by atoms with Crippen molar-refractivity contribution < 1.29 is 9.18 Å². The fraction of sp³-hybridized carbons (Fsp3) is 0.125. The molecule has 0 bridgehead atoms. The van der Waals surface area contributed by atoms with Crippen LogP contribution < -0.4 is 5.32 Å². The number of fused-ring (bicyclic) bond motifs is 1. The molecule has 2 nitrogen and oxygen atoms in total. The first-order valence-corrected chi connectivity index (χ1v) is 4.95. The average molecular weight is 218 g/mol. The summed E-state index contributed by atoms with van der Waals surface area (Å²) in [4.78, 5) is 11.7. The molecule has 0 aliphatic carbocycles. The summed E-state index contributed by atoms with van der Waals surface area (Å²) in [6.07, 6.45) is 0. The third-order valence-electron chi connectivity index (χ3n) is 1.66. The van der Waals surface area contributed by atoms with Crippen molar-refractivity contribution in [3.05, 3.63) is 23.0 Å². The lowest BCUT2D eigenvalue weighted by Crippen LogP contribution is -2.18. The zero-order valence-corrected chi connectivity index (χ0v) is 8.01. The molecule has 0 fully saturated rings. The van der Waals surface area contributed by atoms with Gasteiger partial charge in [-0.15, -0.1) is 11.8 Å². The number of hydrogen-bond acceptors (Lipinski definition) is 2. The summed E-state index contributed by atoms with van der Waals surface area (Å²) in [5, 5.41) is 2.65. The Kier molecular flexibility index (Phi) is 2.17. The van der Waals surface area contributed by atoms with Crippen LogP contribution in [0.5, 0.6) is 0 Å². The van der Waals surface area contributed by atoms with Gasteiger partial charge < -0.3 is 5.32 Å². The number of rotatable bonds is 0. The first kappa shape index (κ1) is 8.84. The lowest BCUT2D eigenvalue weighted by atomic mass is 10.3. The maximum Gasteiger partial charge on any atom is 0.234 e. The molecule has 1 aromatic rings. The van der Waals surface area contributed by atoms with E-state index in [1.165, 1.54) is 23.9 Å². The molecule has 1 N–H and O–H groups in total. The molecule has 1 amide bonds.